The highest BCUT2D eigenvalue weighted by Gasteiger charge is 2.17. The largest absolute Gasteiger partial charge is 0.324 e. The maximum absolute atomic E-state index is 12.6. The van der Waals surface area contributed by atoms with Gasteiger partial charge in [0.1, 0.15) is 5.69 Å². The van der Waals surface area contributed by atoms with Crippen LogP contribution in [-0.2, 0) is 0 Å². The van der Waals surface area contributed by atoms with Crippen molar-refractivity contribution in [2.45, 2.75) is 13.8 Å². The topological polar surface area (TPSA) is 110 Å². The van der Waals surface area contributed by atoms with Gasteiger partial charge in [-0.15, -0.1) is 0 Å². The van der Waals surface area contributed by atoms with E-state index in [1.807, 2.05) is 19.9 Å². The van der Waals surface area contributed by atoms with Gasteiger partial charge < -0.3 is 10.6 Å². The van der Waals surface area contributed by atoms with Crippen molar-refractivity contribution >= 4 is 40.5 Å². The van der Waals surface area contributed by atoms with Crippen LogP contribution in [-0.4, -0.2) is 20.8 Å². The van der Waals surface area contributed by atoms with Crippen molar-refractivity contribution in [3.63, 3.8) is 0 Å². The smallest absolute Gasteiger partial charge is 0.294 e. The van der Waals surface area contributed by atoms with Crippen LogP contribution in [0.15, 0.2) is 48.5 Å². The molecule has 28 heavy (non-hydrogen) atoms. The number of halogens is 1. The summed E-state index contributed by atoms with van der Waals surface area (Å²) in [5.41, 5.74) is 2.36. The Morgan fingerprint density at radius 2 is 1.79 bits per heavy atom. The second-order valence-electron chi connectivity index (χ2n) is 6.05. The zero-order valence-corrected chi connectivity index (χ0v) is 15.8. The highest BCUT2D eigenvalue weighted by Crippen LogP contribution is 2.28. The Balaban J connectivity index is 1.82. The Hall–Kier alpha value is -3.52. The van der Waals surface area contributed by atoms with Crippen LogP contribution < -0.4 is 10.6 Å². The third-order valence-electron chi connectivity index (χ3n) is 3.77. The molecule has 3 rings (SSSR count). The Kier molecular flexibility index (Phi) is 5.51. The van der Waals surface area contributed by atoms with Gasteiger partial charge in [-0.05, 0) is 50.2 Å². The number of rotatable bonds is 5. The van der Waals surface area contributed by atoms with Crippen LogP contribution in [0.1, 0.15) is 21.7 Å². The molecular weight excluding hydrogens is 382 g/mol. The van der Waals surface area contributed by atoms with Crippen LogP contribution in [0, 0.1) is 24.0 Å². The predicted molar refractivity (Wildman–Crippen MR) is 107 cm³/mol. The average molecular weight is 398 g/mol. The molecule has 0 aliphatic rings. The highest BCUT2D eigenvalue weighted by atomic mass is 35.5. The molecule has 0 aliphatic heterocycles. The number of amides is 1. The van der Waals surface area contributed by atoms with Gasteiger partial charge in [0.05, 0.1) is 4.92 Å². The number of carbonyl (C=O) groups is 1. The number of carbonyl (C=O) groups excluding carboxylic acids is 1. The third-order valence-corrected chi connectivity index (χ3v) is 4.00. The summed E-state index contributed by atoms with van der Waals surface area (Å²) >= 11 is 5.80. The zero-order valence-electron chi connectivity index (χ0n) is 15.1. The molecule has 0 saturated heterocycles. The normalized spacial score (nSPS) is 10.4. The molecule has 0 saturated carbocycles. The quantitative estimate of drug-likeness (QED) is 0.479. The van der Waals surface area contributed by atoms with Crippen molar-refractivity contribution in [3.05, 3.63) is 80.6 Å². The number of benzene rings is 2. The van der Waals surface area contributed by atoms with Gasteiger partial charge >= 0.3 is 0 Å². The van der Waals surface area contributed by atoms with Gasteiger partial charge in [-0.2, -0.15) is 0 Å². The van der Waals surface area contributed by atoms with Crippen molar-refractivity contribution in [3.8, 4) is 0 Å². The van der Waals surface area contributed by atoms with E-state index >= 15 is 0 Å². The molecule has 2 aromatic carbocycles. The maximum Gasteiger partial charge on any atom is 0.294 e. The molecule has 2 N–H and O–H groups in total. The standard InChI is InChI=1S/C19H16ClN5O3/c1-11-8-12(2)22-19(21-11)23-15-5-3-4-13(9-15)18(26)24-16-7-6-14(20)10-17(16)25(27)28/h3-10H,1-2H3,(H,24,26)(H,21,22,23). The lowest BCUT2D eigenvalue weighted by molar-refractivity contribution is -0.383. The van der Waals surface area contributed by atoms with E-state index in [0.29, 0.717) is 17.2 Å². The summed E-state index contributed by atoms with van der Waals surface area (Å²) in [4.78, 5) is 31.7. The van der Waals surface area contributed by atoms with Crippen molar-refractivity contribution < 1.29 is 9.72 Å². The van der Waals surface area contributed by atoms with Gasteiger partial charge in [0.25, 0.3) is 11.6 Å². The van der Waals surface area contributed by atoms with Crippen LogP contribution >= 0.6 is 11.6 Å². The summed E-state index contributed by atoms with van der Waals surface area (Å²) in [6.07, 6.45) is 0. The number of nitrogens with one attached hydrogen (secondary N) is 2. The van der Waals surface area contributed by atoms with Crippen LogP contribution in [0.3, 0.4) is 0 Å². The molecule has 142 valence electrons. The molecule has 1 heterocycles. The molecule has 0 fully saturated rings. The predicted octanol–water partition coefficient (Wildman–Crippen LogP) is 4.65. The van der Waals surface area contributed by atoms with E-state index in [4.69, 9.17) is 11.6 Å². The van der Waals surface area contributed by atoms with E-state index in [9.17, 15) is 14.9 Å². The van der Waals surface area contributed by atoms with Gasteiger partial charge in [-0.25, -0.2) is 9.97 Å². The lowest BCUT2D eigenvalue weighted by atomic mass is 10.1. The lowest BCUT2D eigenvalue weighted by Gasteiger charge is -2.09. The molecule has 1 aromatic heterocycles. The zero-order chi connectivity index (χ0) is 20.3. The molecule has 1 amide bonds. The number of nitro benzene ring substituents is 1. The van der Waals surface area contributed by atoms with E-state index in [2.05, 4.69) is 20.6 Å². The molecule has 0 atom stereocenters. The van der Waals surface area contributed by atoms with E-state index in [0.717, 1.165) is 11.4 Å². The Bertz CT molecular complexity index is 1050. The highest BCUT2D eigenvalue weighted by molar-refractivity contribution is 6.31. The van der Waals surface area contributed by atoms with Gasteiger partial charge in [-0.1, -0.05) is 17.7 Å². The fourth-order valence-corrected chi connectivity index (χ4v) is 2.77. The van der Waals surface area contributed by atoms with Gasteiger partial charge in [0.2, 0.25) is 5.95 Å². The first-order valence-corrected chi connectivity index (χ1v) is 8.64. The van der Waals surface area contributed by atoms with Gasteiger partial charge in [0.15, 0.2) is 0 Å². The molecule has 8 nitrogen and oxygen atoms in total. The maximum atomic E-state index is 12.6. The van der Waals surface area contributed by atoms with Gasteiger partial charge in [0, 0.05) is 33.7 Å². The monoisotopic (exact) mass is 397 g/mol. The second kappa shape index (κ2) is 8.01. The number of aromatic nitrogens is 2. The molecule has 9 heteroatoms. The molecule has 0 unspecified atom stereocenters. The summed E-state index contributed by atoms with van der Waals surface area (Å²) in [6, 6.07) is 12.6. The van der Waals surface area contributed by atoms with Crippen molar-refractivity contribution in [1.82, 2.24) is 9.97 Å². The summed E-state index contributed by atoms with van der Waals surface area (Å²) in [6.45, 7) is 3.73. The van der Waals surface area contributed by atoms with Crippen LogP contribution in [0.25, 0.3) is 0 Å². The van der Waals surface area contributed by atoms with Crippen LogP contribution in [0.4, 0.5) is 23.0 Å². The van der Waals surface area contributed by atoms with Crippen molar-refractivity contribution in [2.24, 2.45) is 0 Å². The Morgan fingerprint density at radius 1 is 1.07 bits per heavy atom. The summed E-state index contributed by atoms with van der Waals surface area (Å²) < 4.78 is 0. The summed E-state index contributed by atoms with van der Waals surface area (Å²) in [5, 5.41) is 17.0. The summed E-state index contributed by atoms with van der Waals surface area (Å²) in [5.74, 6) is -0.0705. The molecule has 0 bridgehead atoms. The Morgan fingerprint density at radius 3 is 2.46 bits per heavy atom. The number of hydrogen-bond donors (Lipinski definition) is 2. The van der Waals surface area contributed by atoms with Crippen molar-refractivity contribution in [1.29, 1.82) is 0 Å². The minimum absolute atomic E-state index is 0.0652. The van der Waals surface area contributed by atoms with Gasteiger partial charge in [-0.3, -0.25) is 14.9 Å². The first-order valence-electron chi connectivity index (χ1n) is 8.26. The van der Waals surface area contributed by atoms with E-state index in [-0.39, 0.29) is 16.4 Å². The molecule has 0 radical (unpaired) electrons. The number of aryl methyl sites for hydroxylation is 2. The van der Waals surface area contributed by atoms with E-state index < -0.39 is 10.8 Å². The number of hydrogen-bond acceptors (Lipinski definition) is 6. The van der Waals surface area contributed by atoms with Crippen LogP contribution in [0.5, 0.6) is 0 Å². The van der Waals surface area contributed by atoms with E-state index in [1.54, 1.807) is 24.3 Å². The second-order valence-corrected chi connectivity index (χ2v) is 6.49. The third kappa shape index (κ3) is 4.60. The fraction of sp³-hybridized carbons (Fsp3) is 0.105. The molecular formula is C19H16ClN5O3. The summed E-state index contributed by atoms with van der Waals surface area (Å²) in [7, 11) is 0. The minimum Gasteiger partial charge on any atom is -0.324 e. The number of nitrogens with zero attached hydrogens (tertiary/aromatic N) is 3. The lowest BCUT2D eigenvalue weighted by Crippen LogP contribution is -2.13. The van der Waals surface area contributed by atoms with Crippen LogP contribution in [0.2, 0.25) is 5.02 Å². The van der Waals surface area contributed by atoms with Crippen molar-refractivity contribution in [2.75, 3.05) is 10.6 Å². The Labute approximate surface area is 165 Å². The SMILES string of the molecule is Cc1cc(C)nc(Nc2cccc(C(=O)Nc3ccc(Cl)cc3[N+](=O)[O-])c2)n1. The first kappa shape index (κ1) is 19.2. The molecule has 0 aliphatic carbocycles. The molecule has 3 aromatic rings. The average Bonchev–Trinajstić information content (AvgIpc) is 2.62. The molecule has 0 spiro atoms. The first-order chi connectivity index (χ1) is 13.3. The number of nitro groups is 1. The fourth-order valence-electron chi connectivity index (χ4n) is 2.61. The minimum atomic E-state index is -0.600. The number of anilines is 3. The van der Waals surface area contributed by atoms with E-state index in [1.165, 1.54) is 18.2 Å².